The minimum Gasteiger partial charge on any atom is -0.250 e. The highest BCUT2D eigenvalue weighted by Crippen LogP contribution is 2.22. The van der Waals surface area contributed by atoms with Gasteiger partial charge < -0.3 is 0 Å². The first-order valence-corrected chi connectivity index (χ1v) is 5.85. The van der Waals surface area contributed by atoms with Gasteiger partial charge in [-0.3, -0.25) is 0 Å². The van der Waals surface area contributed by atoms with Crippen LogP contribution in [0.5, 0.6) is 0 Å². The SMILES string of the molecule is Cc1nc(-c2ccc(F)cn2)nc(Cl)c1I. The quantitative estimate of drug-likeness (QED) is 0.586. The smallest absolute Gasteiger partial charge is 0.179 e. The predicted molar refractivity (Wildman–Crippen MR) is 67.7 cm³/mol. The number of hydrogen-bond acceptors (Lipinski definition) is 3. The van der Waals surface area contributed by atoms with Crippen LogP contribution in [0.25, 0.3) is 11.5 Å². The van der Waals surface area contributed by atoms with Crippen molar-refractivity contribution in [1.82, 2.24) is 15.0 Å². The Bertz CT molecular complexity index is 507. The molecular formula is C10H6ClFIN3. The van der Waals surface area contributed by atoms with Crippen molar-refractivity contribution in [3.63, 3.8) is 0 Å². The second kappa shape index (κ2) is 4.58. The Balaban J connectivity index is 2.52. The number of rotatable bonds is 1. The fourth-order valence-electron chi connectivity index (χ4n) is 1.15. The molecule has 0 unspecified atom stereocenters. The van der Waals surface area contributed by atoms with Crippen LogP contribution in [0.15, 0.2) is 18.3 Å². The molecule has 0 aliphatic heterocycles. The highest BCUT2D eigenvalue weighted by molar-refractivity contribution is 14.1. The largest absolute Gasteiger partial charge is 0.250 e. The fraction of sp³-hybridized carbons (Fsp3) is 0.100. The molecule has 3 nitrogen and oxygen atoms in total. The molecule has 0 saturated carbocycles. The molecule has 0 aliphatic rings. The second-order valence-electron chi connectivity index (χ2n) is 3.10. The zero-order valence-corrected chi connectivity index (χ0v) is 11.1. The third-order valence-electron chi connectivity index (χ3n) is 1.93. The maximum atomic E-state index is 12.7. The molecule has 0 bridgehead atoms. The Morgan fingerprint density at radius 1 is 1.31 bits per heavy atom. The van der Waals surface area contributed by atoms with E-state index < -0.39 is 5.82 Å². The Morgan fingerprint density at radius 2 is 2.06 bits per heavy atom. The van der Waals surface area contributed by atoms with Crippen molar-refractivity contribution in [3.05, 3.63) is 38.6 Å². The van der Waals surface area contributed by atoms with Crippen molar-refractivity contribution in [1.29, 1.82) is 0 Å². The molecular weight excluding hydrogens is 343 g/mol. The second-order valence-corrected chi connectivity index (χ2v) is 4.54. The molecule has 2 aromatic heterocycles. The Labute approximate surface area is 110 Å². The van der Waals surface area contributed by atoms with E-state index in [4.69, 9.17) is 11.6 Å². The summed E-state index contributed by atoms with van der Waals surface area (Å²) in [5.41, 5.74) is 1.28. The summed E-state index contributed by atoms with van der Waals surface area (Å²) >= 11 is 8.01. The Kier molecular flexibility index (Phi) is 3.34. The topological polar surface area (TPSA) is 38.7 Å². The highest BCUT2D eigenvalue weighted by atomic mass is 127. The van der Waals surface area contributed by atoms with Gasteiger partial charge >= 0.3 is 0 Å². The lowest BCUT2D eigenvalue weighted by Crippen LogP contribution is -1.98. The van der Waals surface area contributed by atoms with Gasteiger partial charge in [0.05, 0.1) is 15.5 Å². The van der Waals surface area contributed by atoms with Crippen molar-refractivity contribution in [2.45, 2.75) is 6.92 Å². The molecule has 0 spiro atoms. The van der Waals surface area contributed by atoms with Gasteiger partial charge in [-0.05, 0) is 41.6 Å². The summed E-state index contributed by atoms with van der Waals surface area (Å²) in [5, 5.41) is 0.384. The summed E-state index contributed by atoms with van der Waals surface area (Å²) in [7, 11) is 0. The number of hydrogen-bond donors (Lipinski definition) is 0. The van der Waals surface area contributed by atoms with E-state index >= 15 is 0 Å². The number of halogens is 3. The van der Waals surface area contributed by atoms with Gasteiger partial charge in [0.2, 0.25) is 0 Å². The molecule has 0 aromatic carbocycles. The number of aromatic nitrogens is 3. The molecule has 0 saturated heterocycles. The first kappa shape index (κ1) is 11.7. The third kappa shape index (κ3) is 2.30. The van der Waals surface area contributed by atoms with Gasteiger partial charge in [0, 0.05) is 0 Å². The molecule has 82 valence electrons. The van der Waals surface area contributed by atoms with Crippen LogP contribution in [0.1, 0.15) is 5.69 Å². The van der Waals surface area contributed by atoms with Gasteiger partial charge in [0.25, 0.3) is 0 Å². The molecule has 0 atom stereocenters. The monoisotopic (exact) mass is 349 g/mol. The van der Waals surface area contributed by atoms with E-state index in [-0.39, 0.29) is 0 Å². The van der Waals surface area contributed by atoms with Crippen molar-refractivity contribution in [2.24, 2.45) is 0 Å². The summed E-state index contributed by atoms with van der Waals surface area (Å²) in [4.78, 5) is 12.2. The minimum absolute atomic E-state index is 0.384. The van der Waals surface area contributed by atoms with Crippen molar-refractivity contribution in [2.75, 3.05) is 0 Å². The van der Waals surface area contributed by atoms with Gasteiger partial charge in [0.15, 0.2) is 5.82 Å². The average molecular weight is 350 g/mol. The normalized spacial score (nSPS) is 10.5. The molecule has 2 aromatic rings. The van der Waals surface area contributed by atoms with Crippen LogP contribution in [0.3, 0.4) is 0 Å². The Morgan fingerprint density at radius 3 is 2.62 bits per heavy atom. The van der Waals surface area contributed by atoms with Crippen LogP contribution in [0.4, 0.5) is 4.39 Å². The van der Waals surface area contributed by atoms with Crippen LogP contribution >= 0.6 is 34.2 Å². The average Bonchev–Trinajstić information content (AvgIpc) is 2.26. The first-order chi connectivity index (χ1) is 7.58. The minimum atomic E-state index is -0.392. The lowest BCUT2D eigenvalue weighted by atomic mass is 10.3. The maximum absolute atomic E-state index is 12.7. The lowest BCUT2D eigenvalue weighted by molar-refractivity contribution is 0.621. The van der Waals surface area contributed by atoms with E-state index in [1.807, 2.05) is 6.92 Å². The lowest BCUT2D eigenvalue weighted by Gasteiger charge is -2.03. The maximum Gasteiger partial charge on any atom is 0.179 e. The number of nitrogens with zero attached hydrogens (tertiary/aromatic N) is 3. The van der Waals surface area contributed by atoms with Crippen LogP contribution in [-0.2, 0) is 0 Å². The van der Waals surface area contributed by atoms with Gasteiger partial charge in [-0.15, -0.1) is 0 Å². The molecule has 0 amide bonds. The van der Waals surface area contributed by atoms with Crippen LogP contribution in [0, 0.1) is 16.3 Å². The summed E-state index contributed by atoms with van der Waals surface area (Å²) in [6.07, 6.45) is 1.12. The number of pyridine rings is 1. The van der Waals surface area contributed by atoms with Crippen LogP contribution < -0.4 is 0 Å². The standard InChI is InChI=1S/C10H6ClFIN3/c1-5-8(13)9(11)16-10(15-5)7-3-2-6(12)4-14-7/h2-4H,1H3. The van der Waals surface area contributed by atoms with E-state index in [0.717, 1.165) is 15.5 Å². The summed E-state index contributed by atoms with van der Waals surface area (Å²) in [6, 6.07) is 2.83. The fourth-order valence-corrected chi connectivity index (χ4v) is 1.60. The van der Waals surface area contributed by atoms with Gasteiger partial charge in [-0.1, -0.05) is 11.6 Å². The summed E-state index contributed by atoms with van der Waals surface area (Å²) < 4.78 is 13.5. The van der Waals surface area contributed by atoms with Crippen LogP contribution in [-0.4, -0.2) is 15.0 Å². The zero-order valence-electron chi connectivity index (χ0n) is 8.21. The first-order valence-electron chi connectivity index (χ1n) is 4.39. The van der Waals surface area contributed by atoms with Crippen molar-refractivity contribution >= 4 is 34.2 Å². The van der Waals surface area contributed by atoms with E-state index in [1.54, 1.807) is 0 Å². The molecule has 0 radical (unpaired) electrons. The summed E-state index contributed by atoms with van der Waals surface area (Å²) in [6.45, 7) is 1.84. The van der Waals surface area contributed by atoms with E-state index in [0.29, 0.717) is 16.7 Å². The van der Waals surface area contributed by atoms with Gasteiger partial charge in [-0.2, -0.15) is 0 Å². The van der Waals surface area contributed by atoms with Gasteiger partial charge in [0.1, 0.15) is 16.7 Å². The predicted octanol–water partition coefficient (Wildman–Crippen LogP) is 3.24. The summed E-state index contributed by atoms with van der Waals surface area (Å²) in [5.74, 6) is 0.0139. The molecule has 6 heteroatoms. The van der Waals surface area contributed by atoms with E-state index in [9.17, 15) is 4.39 Å². The van der Waals surface area contributed by atoms with E-state index in [2.05, 4.69) is 37.5 Å². The molecule has 2 rings (SSSR count). The van der Waals surface area contributed by atoms with Crippen LogP contribution in [0.2, 0.25) is 5.15 Å². The van der Waals surface area contributed by atoms with Gasteiger partial charge in [-0.25, -0.2) is 19.3 Å². The van der Waals surface area contributed by atoms with Crippen molar-refractivity contribution in [3.8, 4) is 11.5 Å². The molecule has 2 heterocycles. The van der Waals surface area contributed by atoms with Crippen molar-refractivity contribution < 1.29 is 4.39 Å². The third-order valence-corrected chi connectivity index (χ3v) is 3.82. The Hall–Kier alpha value is -0.820. The molecule has 0 fully saturated rings. The molecule has 16 heavy (non-hydrogen) atoms. The molecule has 0 N–H and O–H groups in total. The zero-order chi connectivity index (χ0) is 11.7. The van der Waals surface area contributed by atoms with E-state index in [1.165, 1.54) is 12.1 Å². The molecule has 0 aliphatic carbocycles. The number of aryl methyl sites for hydroxylation is 1. The highest BCUT2D eigenvalue weighted by Gasteiger charge is 2.09.